The van der Waals surface area contributed by atoms with Gasteiger partial charge in [0.25, 0.3) is 0 Å². The van der Waals surface area contributed by atoms with Gasteiger partial charge in [-0.1, -0.05) is 50.1 Å². The fourth-order valence-electron chi connectivity index (χ4n) is 1.98. The molecule has 3 heteroatoms. The molecule has 0 aliphatic heterocycles. The molecule has 1 aromatic carbocycles. The van der Waals surface area contributed by atoms with Crippen LogP contribution in [0, 0.1) is 5.92 Å². The van der Waals surface area contributed by atoms with Gasteiger partial charge < -0.3 is 0 Å². The molecule has 0 amide bonds. The van der Waals surface area contributed by atoms with Crippen LogP contribution in [0.1, 0.15) is 32.3 Å². The van der Waals surface area contributed by atoms with Crippen LogP contribution >= 0.6 is 11.6 Å². The topological polar surface area (TPSA) is 38.0 Å². The van der Waals surface area contributed by atoms with E-state index >= 15 is 0 Å². The third-order valence-electron chi connectivity index (χ3n) is 3.04. The van der Waals surface area contributed by atoms with Crippen LogP contribution in [0.2, 0.25) is 5.02 Å². The molecule has 1 rings (SSSR count). The van der Waals surface area contributed by atoms with Gasteiger partial charge in [-0.15, -0.1) is 0 Å². The summed E-state index contributed by atoms with van der Waals surface area (Å²) in [5.41, 5.74) is 4.07. The summed E-state index contributed by atoms with van der Waals surface area (Å²) in [6.07, 6.45) is 3.25. The summed E-state index contributed by atoms with van der Waals surface area (Å²) in [6, 6.07) is 8.24. The molecule has 0 aliphatic carbocycles. The summed E-state index contributed by atoms with van der Waals surface area (Å²) in [6.45, 7) is 4.42. The van der Waals surface area contributed by atoms with E-state index in [9.17, 15) is 0 Å². The van der Waals surface area contributed by atoms with Gasteiger partial charge >= 0.3 is 0 Å². The largest absolute Gasteiger partial charge is 0.271 e. The van der Waals surface area contributed by atoms with Gasteiger partial charge in [0.05, 0.1) is 0 Å². The van der Waals surface area contributed by atoms with Crippen molar-refractivity contribution in [2.24, 2.45) is 11.8 Å². The molecule has 0 bridgehead atoms. The number of hydrogen-bond donors (Lipinski definition) is 2. The number of nitrogens with two attached hydrogens (primary N) is 1. The maximum atomic E-state index is 6.14. The summed E-state index contributed by atoms with van der Waals surface area (Å²) in [7, 11) is 0. The fourth-order valence-corrected chi connectivity index (χ4v) is 2.19. The van der Waals surface area contributed by atoms with E-state index in [4.69, 9.17) is 17.4 Å². The highest BCUT2D eigenvalue weighted by Gasteiger charge is 2.16. The molecule has 0 aromatic heterocycles. The Morgan fingerprint density at radius 2 is 2.06 bits per heavy atom. The second kappa shape index (κ2) is 6.89. The monoisotopic (exact) mass is 240 g/mol. The van der Waals surface area contributed by atoms with E-state index in [1.54, 1.807) is 0 Å². The minimum absolute atomic E-state index is 0.292. The van der Waals surface area contributed by atoms with Crippen molar-refractivity contribution in [3.05, 3.63) is 34.9 Å². The van der Waals surface area contributed by atoms with Crippen molar-refractivity contribution in [3.8, 4) is 0 Å². The maximum Gasteiger partial charge on any atom is 0.0438 e. The molecule has 1 aromatic rings. The first kappa shape index (κ1) is 13.5. The van der Waals surface area contributed by atoms with Crippen molar-refractivity contribution in [2.45, 2.75) is 39.2 Å². The van der Waals surface area contributed by atoms with Crippen molar-refractivity contribution in [1.82, 2.24) is 5.43 Å². The van der Waals surface area contributed by atoms with Crippen LogP contribution in [-0.4, -0.2) is 6.04 Å². The molecule has 16 heavy (non-hydrogen) atoms. The molecule has 0 spiro atoms. The molecule has 0 aliphatic rings. The Balaban J connectivity index is 2.66. The summed E-state index contributed by atoms with van der Waals surface area (Å²) in [5.74, 6) is 6.17. The summed E-state index contributed by atoms with van der Waals surface area (Å²) >= 11 is 6.14. The van der Waals surface area contributed by atoms with Crippen molar-refractivity contribution in [3.63, 3.8) is 0 Å². The molecule has 2 unspecified atom stereocenters. The fraction of sp³-hybridized carbons (Fsp3) is 0.538. The standard InChI is InChI=1S/C13H21ClN2/c1-3-6-10(2)13(16-15)9-11-7-4-5-8-12(11)14/h4-5,7-8,10,13,16H,3,6,9,15H2,1-2H3. The second-order valence-corrected chi connectivity index (χ2v) is 4.74. The van der Waals surface area contributed by atoms with E-state index in [2.05, 4.69) is 25.3 Å². The minimum Gasteiger partial charge on any atom is -0.271 e. The molecule has 3 N–H and O–H groups in total. The number of nitrogens with one attached hydrogen (secondary N) is 1. The molecule has 0 saturated heterocycles. The predicted molar refractivity (Wildman–Crippen MR) is 70.3 cm³/mol. The van der Waals surface area contributed by atoms with Gasteiger partial charge in [-0.3, -0.25) is 11.3 Å². The number of hydrazine groups is 1. The average Bonchev–Trinajstić information content (AvgIpc) is 2.28. The van der Waals surface area contributed by atoms with E-state index < -0.39 is 0 Å². The van der Waals surface area contributed by atoms with Gasteiger partial charge in [-0.25, -0.2) is 0 Å². The lowest BCUT2D eigenvalue weighted by atomic mass is 9.92. The summed E-state index contributed by atoms with van der Waals surface area (Å²) < 4.78 is 0. The minimum atomic E-state index is 0.292. The third kappa shape index (κ3) is 3.78. The lowest BCUT2D eigenvalue weighted by Crippen LogP contribution is -2.41. The molecule has 0 saturated carbocycles. The van der Waals surface area contributed by atoms with Crippen molar-refractivity contribution < 1.29 is 0 Å². The maximum absolute atomic E-state index is 6.14. The van der Waals surface area contributed by atoms with Crippen LogP contribution in [0.25, 0.3) is 0 Å². The Kier molecular flexibility index (Phi) is 5.81. The van der Waals surface area contributed by atoms with Crippen LogP contribution in [0.15, 0.2) is 24.3 Å². The summed E-state index contributed by atoms with van der Waals surface area (Å²) in [5, 5.41) is 0.825. The Bertz CT molecular complexity index is 315. The highest BCUT2D eigenvalue weighted by Crippen LogP contribution is 2.20. The zero-order chi connectivity index (χ0) is 12.0. The molecular weight excluding hydrogens is 220 g/mol. The third-order valence-corrected chi connectivity index (χ3v) is 3.41. The van der Waals surface area contributed by atoms with Crippen LogP contribution in [-0.2, 0) is 6.42 Å². The van der Waals surface area contributed by atoms with Gasteiger partial charge in [0, 0.05) is 11.1 Å². The highest BCUT2D eigenvalue weighted by molar-refractivity contribution is 6.31. The number of benzene rings is 1. The highest BCUT2D eigenvalue weighted by atomic mass is 35.5. The van der Waals surface area contributed by atoms with Crippen molar-refractivity contribution in [2.75, 3.05) is 0 Å². The Morgan fingerprint density at radius 3 is 2.62 bits per heavy atom. The van der Waals surface area contributed by atoms with E-state index in [1.165, 1.54) is 12.8 Å². The number of rotatable bonds is 6. The molecule has 2 atom stereocenters. The molecule has 0 radical (unpaired) electrons. The van der Waals surface area contributed by atoms with Gasteiger partial charge in [0.1, 0.15) is 0 Å². The quantitative estimate of drug-likeness (QED) is 0.592. The van der Waals surface area contributed by atoms with Crippen LogP contribution in [0.5, 0.6) is 0 Å². The molecular formula is C13H21ClN2. The lowest BCUT2D eigenvalue weighted by Gasteiger charge is -2.23. The van der Waals surface area contributed by atoms with Gasteiger partial charge in [0.15, 0.2) is 0 Å². The van der Waals surface area contributed by atoms with E-state index in [0.29, 0.717) is 12.0 Å². The van der Waals surface area contributed by atoms with Crippen LogP contribution < -0.4 is 11.3 Å². The Labute approximate surface area is 103 Å². The predicted octanol–water partition coefficient (Wildman–Crippen LogP) is 3.15. The van der Waals surface area contributed by atoms with E-state index in [-0.39, 0.29) is 0 Å². The van der Waals surface area contributed by atoms with Crippen LogP contribution in [0.4, 0.5) is 0 Å². The average molecular weight is 241 g/mol. The number of halogens is 1. The van der Waals surface area contributed by atoms with Gasteiger partial charge in [0.2, 0.25) is 0 Å². The summed E-state index contributed by atoms with van der Waals surface area (Å²) in [4.78, 5) is 0. The SMILES string of the molecule is CCCC(C)C(Cc1ccccc1Cl)NN. The van der Waals surface area contributed by atoms with E-state index in [1.807, 2.05) is 18.2 Å². The molecule has 2 nitrogen and oxygen atoms in total. The van der Waals surface area contributed by atoms with E-state index in [0.717, 1.165) is 17.0 Å². The van der Waals surface area contributed by atoms with Crippen molar-refractivity contribution in [1.29, 1.82) is 0 Å². The lowest BCUT2D eigenvalue weighted by molar-refractivity contribution is 0.357. The Morgan fingerprint density at radius 1 is 1.38 bits per heavy atom. The first-order valence-corrected chi connectivity index (χ1v) is 6.26. The number of hydrogen-bond acceptors (Lipinski definition) is 2. The molecule has 90 valence electrons. The van der Waals surface area contributed by atoms with Gasteiger partial charge in [-0.05, 0) is 30.4 Å². The first-order chi connectivity index (χ1) is 7.69. The smallest absolute Gasteiger partial charge is 0.0438 e. The first-order valence-electron chi connectivity index (χ1n) is 5.88. The molecule has 0 heterocycles. The molecule has 0 fully saturated rings. The van der Waals surface area contributed by atoms with Crippen LogP contribution in [0.3, 0.4) is 0 Å². The zero-order valence-electron chi connectivity index (χ0n) is 10.0. The normalized spacial score (nSPS) is 14.8. The second-order valence-electron chi connectivity index (χ2n) is 4.33. The zero-order valence-corrected chi connectivity index (χ0v) is 10.8. The van der Waals surface area contributed by atoms with Crippen molar-refractivity contribution >= 4 is 11.6 Å². The Hall–Kier alpha value is -0.570. The van der Waals surface area contributed by atoms with Gasteiger partial charge in [-0.2, -0.15) is 0 Å².